The van der Waals surface area contributed by atoms with Gasteiger partial charge in [-0.3, -0.25) is 0 Å². The van der Waals surface area contributed by atoms with Crippen molar-refractivity contribution >= 4 is 0 Å². The van der Waals surface area contributed by atoms with Crippen molar-refractivity contribution in [1.82, 2.24) is 10.6 Å². The predicted molar refractivity (Wildman–Crippen MR) is 80.8 cm³/mol. The molecular weight excluding hydrogens is 248 g/mol. The van der Waals surface area contributed by atoms with E-state index in [-0.39, 0.29) is 0 Å². The minimum atomic E-state index is 0.379. The molecule has 3 heteroatoms. The monoisotopic (exact) mass is 268 g/mol. The third-order valence-electron chi connectivity index (χ3n) is 3.55. The standard InChI is InChI=1S/C17H20N2O/c1-2-5-14(6-3-1)13-20-16-8-4-7-15(11-16)17-12-18-9-10-19-17/h1-8,11,17-19H,9-10,12-13H2/t17-/m1/s1. The third kappa shape index (κ3) is 3.38. The first kappa shape index (κ1) is 13.2. The van der Waals surface area contributed by atoms with E-state index in [1.807, 2.05) is 24.3 Å². The zero-order valence-electron chi connectivity index (χ0n) is 11.5. The predicted octanol–water partition coefficient (Wildman–Crippen LogP) is 2.50. The molecule has 0 amide bonds. The molecule has 0 aromatic heterocycles. The highest BCUT2D eigenvalue weighted by Gasteiger charge is 2.14. The van der Waals surface area contributed by atoms with Crippen molar-refractivity contribution in [3.8, 4) is 5.75 Å². The van der Waals surface area contributed by atoms with Crippen molar-refractivity contribution in [2.24, 2.45) is 0 Å². The van der Waals surface area contributed by atoms with Gasteiger partial charge in [0.15, 0.2) is 0 Å². The summed E-state index contributed by atoms with van der Waals surface area (Å²) >= 11 is 0. The van der Waals surface area contributed by atoms with E-state index in [2.05, 4.69) is 41.0 Å². The average Bonchev–Trinajstić information content (AvgIpc) is 2.55. The summed E-state index contributed by atoms with van der Waals surface area (Å²) in [5.41, 5.74) is 2.47. The van der Waals surface area contributed by atoms with Crippen LogP contribution in [0.2, 0.25) is 0 Å². The number of piperazine rings is 1. The lowest BCUT2D eigenvalue weighted by molar-refractivity contribution is 0.305. The van der Waals surface area contributed by atoms with Gasteiger partial charge in [0.2, 0.25) is 0 Å². The molecule has 1 saturated heterocycles. The maximum absolute atomic E-state index is 5.88. The van der Waals surface area contributed by atoms with E-state index in [4.69, 9.17) is 4.74 Å². The van der Waals surface area contributed by atoms with Crippen LogP contribution >= 0.6 is 0 Å². The first-order valence-electron chi connectivity index (χ1n) is 7.12. The summed E-state index contributed by atoms with van der Waals surface area (Å²) < 4.78 is 5.88. The molecular formula is C17H20N2O. The summed E-state index contributed by atoms with van der Waals surface area (Å²) in [7, 11) is 0. The molecule has 2 N–H and O–H groups in total. The zero-order valence-corrected chi connectivity index (χ0v) is 11.5. The van der Waals surface area contributed by atoms with Crippen LogP contribution in [-0.2, 0) is 6.61 Å². The minimum absolute atomic E-state index is 0.379. The van der Waals surface area contributed by atoms with Gasteiger partial charge in [0, 0.05) is 25.7 Å². The summed E-state index contributed by atoms with van der Waals surface area (Å²) in [5, 5.41) is 6.93. The van der Waals surface area contributed by atoms with Gasteiger partial charge in [-0.2, -0.15) is 0 Å². The van der Waals surface area contributed by atoms with Crippen molar-refractivity contribution in [3.63, 3.8) is 0 Å². The van der Waals surface area contributed by atoms with E-state index >= 15 is 0 Å². The van der Waals surface area contributed by atoms with E-state index in [9.17, 15) is 0 Å². The lowest BCUT2D eigenvalue weighted by Gasteiger charge is -2.25. The topological polar surface area (TPSA) is 33.3 Å². The van der Waals surface area contributed by atoms with E-state index < -0.39 is 0 Å². The van der Waals surface area contributed by atoms with Crippen molar-refractivity contribution in [3.05, 3.63) is 65.7 Å². The average molecular weight is 268 g/mol. The quantitative estimate of drug-likeness (QED) is 0.894. The van der Waals surface area contributed by atoms with E-state index in [0.717, 1.165) is 25.4 Å². The third-order valence-corrected chi connectivity index (χ3v) is 3.55. The van der Waals surface area contributed by atoms with Gasteiger partial charge in [0.1, 0.15) is 12.4 Å². The van der Waals surface area contributed by atoms with Crippen LogP contribution in [0.5, 0.6) is 5.75 Å². The molecule has 1 fully saturated rings. The Morgan fingerprint density at radius 1 is 1.00 bits per heavy atom. The Balaban J connectivity index is 1.65. The SMILES string of the molecule is c1ccc(COc2cccc([C@H]3CNCCN3)c2)cc1. The van der Waals surface area contributed by atoms with Crippen molar-refractivity contribution in [2.75, 3.05) is 19.6 Å². The van der Waals surface area contributed by atoms with Crippen LogP contribution in [0.1, 0.15) is 17.2 Å². The van der Waals surface area contributed by atoms with Crippen LogP contribution in [0.25, 0.3) is 0 Å². The Morgan fingerprint density at radius 3 is 2.70 bits per heavy atom. The fourth-order valence-electron chi connectivity index (χ4n) is 2.45. The molecule has 0 bridgehead atoms. The fraction of sp³-hybridized carbons (Fsp3) is 0.294. The highest BCUT2D eigenvalue weighted by Crippen LogP contribution is 2.20. The maximum Gasteiger partial charge on any atom is 0.120 e. The van der Waals surface area contributed by atoms with Crippen LogP contribution in [-0.4, -0.2) is 19.6 Å². The molecule has 2 aromatic carbocycles. The maximum atomic E-state index is 5.88. The Morgan fingerprint density at radius 2 is 1.90 bits per heavy atom. The largest absolute Gasteiger partial charge is 0.489 e. The molecule has 1 aliphatic rings. The van der Waals surface area contributed by atoms with E-state index in [0.29, 0.717) is 12.6 Å². The first-order chi connectivity index (χ1) is 9.92. The van der Waals surface area contributed by atoms with Gasteiger partial charge in [-0.1, -0.05) is 42.5 Å². The molecule has 1 atom stereocenters. The van der Waals surface area contributed by atoms with Crippen LogP contribution in [0.15, 0.2) is 54.6 Å². The summed E-state index contributed by atoms with van der Waals surface area (Å²) in [6.45, 7) is 3.64. The molecule has 3 nitrogen and oxygen atoms in total. The smallest absolute Gasteiger partial charge is 0.120 e. The first-order valence-corrected chi connectivity index (χ1v) is 7.12. The number of rotatable bonds is 4. The highest BCUT2D eigenvalue weighted by atomic mass is 16.5. The molecule has 0 radical (unpaired) electrons. The van der Waals surface area contributed by atoms with Crippen LogP contribution in [0.4, 0.5) is 0 Å². The van der Waals surface area contributed by atoms with Crippen molar-refractivity contribution < 1.29 is 4.74 Å². The Labute approximate surface area is 120 Å². The second kappa shape index (κ2) is 6.55. The summed E-state index contributed by atoms with van der Waals surface area (Å²) in [5.74, 6) is 0.929. The molecule has 0 aliphatic carbocycles. The zero-order chi connectivity index (χ0) is 13.6. The van der Waals surface area contributed by atoms with Crippen LogP contribution in [0.3, 0.4) is 0 Å². The second-order valence-corrected chi connectivity index (χ2v) is 5.06. The van der Waals surface area contributed by atoms with Gasteiger partial charge < -0.3 is 15.4 Å². The summed E-state index contributed by atoms with van der Waals surface area (Å²) in [6, 6.07) is 19.0. The number of hydrogen-bond donors (Lipinski definition) is 2. The summed E-state index contributed by atoms with van der Waals surface area (Å²) in [6.07, 6.45) is 0. The van der Waals surface area contributed by atoms with Gasteiger partial charge in [-0.25, -0.2) is 0 Å². The molecule has 1 aliphatic heterocycles. The van der Waals surface area contributed by atoms with Gasteiger partial charge in [-0.15, -0.1) is 0 Å². The van der Waals surface area contributed by atoms with E-state index in [1.54, 1.807) is 0 Å². The number of hydrogen-bond acceptors (Lipinski definition) is 3. The summed E-state index contributed by atoms with van der Waals surface area (Å²) in [4.78, 5) is 0. The molecule has 1 heterocycles. The number of benzene rings is 2. The molecule has 0 spiro atoms. The van der Waals surface area contributed by atoms with Gasteiger partial charge >= 0.3 is 0 Å². The van der Waals surface area contributed by atoms with Crippen LogP contribution in [0, 0.1) is 0 Å². The minimum Gasteiger partial charge on any atom is -0.489 e. The van der Waals surface area contributed by atoms with Crippen molar-refractivity contribution in [1.29, 1.82) is 0 Å². The molecule has 0 saturated carbocycles. The van der Waals surface area contributed by atoms with Gasteiger partial charge in [0.25, 0.3) is 0 Å². The van der Waals surface area contributed by atoms with Gasteiger partial charge in [0.05, 0.1) is 0 Å². The highest BCUT2D eigenvalue weighted by molar-refractivity contribution is 5.31. The molecule has 20 heavy (non-hydrogen) atoms. The molecule has 2 aromatic rings. The lowest BCUT2D eigenvalue weighted by Crippen LogP contribution is -2.42. The normalized spacial score (nSPS) is 18.7. The number of ether oxygens (including phenoxy) is 1. The van der Waals surface area contributed by atoms with Crippen molar-refractivity contribution in [2.45, 2.75) is 12.6 Å². The number of nitrogens with one attached hydrogen (secondary N) is 2. The molecule has 0 unspecified atom stereocenters. The second-order valence-electron chi connectivity index (χ2n) is 5.06. The molecule has 104 valence electrons. The molecule has 3 rings (SSSR count). The fourth-order valence-corrected chi connectivity index (χ4v) is 2.45. The van der Waals surface area contributed by atoms with E-state index in [1.165, 1.54) is 11.1 Å². The van der Waals surface area contributed by atoms with Gasteiger partial charge in [-0.05, 0) is 23.3 Å². The Hall–Kier alpha value is -1.84. The Bertz CT molecular complexity index is 536. The lowest BCUT2D eigenvalue weighted by atomic mass is 10.1. The Kier molecular flexibility index (Phi) is 4.31. The van der Waals surface area contributed by atoms with Crippen LogP contribution < -0.4 is 15.4 Å².